The molecule has 0 N–H and O–H groups in total. The number of benzene rings is 1. The maximum absolute atomic E-state index is 13.4. The Labute approximate surface area is 146 Å². The van der Waals surface area contributed by atoms with Crippen molar-refractivity contribution in [2.75, 3.05) is 6.61 Å². The largest absolute Gasteiger partial charge is 0.493 e. The lowest BCUT2D eigenvalue weighted by molar-refractivity contribution is -0.139. The number of hydrogen-bond acceptors (Lipinski definition) is 3. The molecule has 1 heterocycles. The van der Waals surface area contributed by atoms with Gasteiger partial charge in [-0.2, -0.15) is 13.2 Å². The highest BCUT2D eigenvalue weighted by Crippen LogP contribution is 2.38. The van der Waals surface area contributed by atoms with E-state index in [0.29, 0.717) is 23.0 Å². The van der Waals surface area contributed by atoms with Crippen molar-refractivity contribution in [3.05, 3.63) is 41.9 Å². The van der Waals surface area contributed by atoms with Gasteiger partial charge in [-0.3, -0.25) is 0 Å². The van der Waals surface area contributed by atoms with E-state index in [1.807, 2.05) is 6.92 Å². The number of alkyl halides is 3. The number of aromatic nitrogens is 2. The molecule has 1 unspecified atom stereocenters. The fraction of sp³-hybridized carbons (Fsp3) is 0.474. The van der Waals surface area contributed by atoms with Gasteiger partial charge in [0.05, 0.1) is 17.9 Å². The van der Waals surface area contributed by atoms with Crippen LogP contribution in [0.15, 0.2) is 30.5 Å². The van der Waals surface area contributed by atoms with E-state index in [0.717, 1.165) is 12.5 Å². The summed E-state index contributed by atoms with van der Waals surface area (Å²) in [5, 5.41) is 0. The lowest BCUT2D eigenvalue weighted by Gasteiger charge is -2.19. The molecule has 0 saturated heterocycles. The third-order valence-corrected chi connectivity index (χ3v) is 3.75. The maximum atomic E-state index is 13.4. The molecule has 0 bridgehead atoms. The molecule has 0 aliphatic carbocycles. The molecule has 0 saturated carbocycles. The SMILES string of the molecule is Cc1nccc(-c2ccc(OCC(C)CC(C)C)c(C(F)(F)F)c2)n1. The summed E-state index contributed by atoms with van der Waals surface area (Å²) in [6.45, 7) is 8.09. The maximum Gasteiger partial charge on any atom is 0.419 e. The van der Waals surface area contributed by atoms with Crippen LogP contribution in [0.1, 0.15) is 38.6 Å². The van der Waals surface area contributed by atoms with Crippen LogP contribution in [0.3, 0.4) is 0 Å². The fourth-order valence-corrected chi connectivity index (χ4v) is 2.76. The van der Waals surface area contributed by atoms with Crippen molar-refractivity contribution in [3.63, 3.8) is 0 Å². The van der Waals surface area contributed by atoms with E-state index in [4.69, 9.17) is 4.74 Å². The standard InChI is InChI=1S/C19H23F3N2O/c1-12(2)9-13(3)11-25-18-6-5-15(10-16(18)19(20,21)22)17-7-8-23-14(4)24-17/h5-8,10,12-13H,9,11H2,1-4H3. The second kappa shape index (κ2) is 7.85. The predicted molar refractivity (Wildman–Crippen MR) is 91.3 cm³/mol. The van der Waals surface area contributed by atoms with E-state index in [2.05, 4.69) is 23.8 Å². The van der Waals surface area contributed by atoms with Gasteiger partial charge in [0.1, 0.15) is 11.6 Å². The highest BCUT2D eigenvalue weighted by Gasteiger charge is 2.35. The topological polar surface area (TPSA) is 35.0 Å². The molecular formula is C19H23F3N2O. The van der Waals surface area contributed by atoms with E-state index in [-0.39, 0.29) is 18.3 Å². The van der Waals surface area contributed by atoms with Crippen molar-refractivity contribution in [2.45, 2.75) is 40.3 Å². The van der Waals surface area contributed by atoms with Crippen LogP contribution in [0, 0.1) is 18.8 Å². The number of ether oxygens (including phenoxy) is 1. The van der Waals surface area contributed by atoms with Crippen molar-refractivity contribution in [1.82, 2.24) is 9.97 Å². The van der Waals surface area contributed by atoms with Gasteiger partial charge in [0.15, 0.2) is 0 Å². The van der Waals surface area contributed by atoms with Gasteiger partial charge in [-0.25, -0.2) is 9.97 Å². The second-order valence-electron chi connectivity index (χ2n) is 6.74. The first-order valence-electron chi connectivity index (χ1n) is 8.31. The summed E-state index contributed by atoms with van der Waals surface area (Å²) in [5.41, 5.74) is 0.0659. The number of nitrogens with zero attached hydrogens (tertiary/aromatic N) is 2. The molecule has 3 nitrogen and oxygen atoms in total. The van der Waals surface area contributed by atoms with Crippen LogP contribution in [0.25, 0.3) is 11.3 Å². The van der Waals surface area contributed by atoms with Crippen LogP contribution in [0.5, 0.6) is 5.75 Å². The van der Waals surface area contributed by atoms with Crippen LogP contribution in [-0.4, -0.2) is 16.6 Å². The zero-order valence-corrected chi connectivity index (χ0v) is 14.9. The molecule has 0 aliphatic rings. The summed E-state index contributed by atoms with van der Waals surface area (Å²) >= 11 is 0. The van der Waals surface area contributed by atoms with Crippen molar-refractivity contribution < 1.29 is 17.9 Å². The molecule has 1 aromatic carbocycles. The molecule has 2 aromatic rings. The van der Waals surface area contributed by atoms with E-state index in [1.54, 1.807) is 19.1 Å². The van der Waals surface area contributed by atoms with Gasteiger partial charge in [0, 0.05) is 11.8 Å². The Morgan fingerprint density at radius 2 is 1.84 bits per heavy atom. The Morgan fingerprint density at radius 3 is 2.44 bits per heavy atom. The first-order chi connectivity index (χ1) is 11.7. The summed E-state index contributed by atoms with van der Waals surface area (Å²) in [7, 11) is 0. The van der Waals surface area contributed by atoms with Crippen molar-refractivity contribution in [2.24, 2.45) is 11.8 Å². The number of hydrogen-bond donors (Lipinski definition) is 0. The number of rotatable bonds is 6. The number of halogens is 3. The molecule has 0 amide bonds. The predicted octanol–water partition coefficient (Wildman–Crippen LogP) is 5.53. The minimum absolute atomic E-state index is 0.141. The normalized spacial score (nSPS) is 13.1. The van der Waals surface area contributed by atoms with Crippen molar-refractivity contribution >= 4 is 0 Å². The summed E-state index contributed by atoms with van der Waals surface area (Å²) in [6, 6.07) is 5.65. The molecule has 1 atom stereocenters. The summed E-state index contributed by atoms with van der Waals surface area (Å²) in [5.74, 6) is 1.03. The molecule has 136 valence electrons. The third kappa shape index (κ3) is 5.44. The van der Waals surface area contributed by atoms with E-state index >= 15 is 0 Å². The molecule has 2 rings (SSSR count). The van der Waals surface area contributed by atoms with Crippen LogP contribution < -0.4 is 4.74 Å². The first kappa shape index (κ1) is 19.2. The molecule has 0 radical (unpaired) electrons. The average molecular weight is 352 g/mol. The Bertz CT molecular complexity index is 714. The summed E-state index contributed by atoms with van der Waals surface area (Å²) in [4.78, 5) is 8.15. The van der Waals surface area contributed by atoms with Gasteiger partial charge in [-0.05, 0) is 49.4 Å². The summed E-state index contributed by atoms with van der Waals surface area (Å²) in [6.07, 6.45) is -2.06. The molecule has 1 aromatic heterocycles. The zero-order chi connectivity index (χ0) is 18.6. The van der Waals surface area contributed by atoms with Gasteiger partial charge in [-0.1, -0.05) is 20.8 Å². The van der Waals surface area contributed by atoms with Crippen LogP contribution >= 0.6 is 0 Å². The molecule has 0 fully saturated rings. The number of aryl methyl sites for hydroxylation is 1. The van der Waals surface area contributed by atoms with Crippen LogP contribution in [0.2, 0.25) is 0 Å². The average Bonchev–Trinajstić information content (AvgIpc) is 2.51. The highest BCUT2D eigenvalue weighted by molar-refractivity contribution is 5.62. The van der Waals surface area contributed by atoms with E-state index < -0.39 is 11.7 Å². The molecular weight excluding hydrogens is 329 g/mol. The van der Waals surface area contributed by atoms with Gasteiger partial charge in [0.2, 0.25) is 0 Å². The van der Waals surface area contributed by atoms with Gasteiger partial charge in [-0.15, -0.1) is 0 Å². The van der Waals surface area contributed by atoms with E-state index in [9.17, 15) is 13.2 Å². The van der Waals surface area contributed by atoms with Crippen LogP contribution in [0.4, 0.5) is 13.2 Å². The zero-order valence-electron chi connectivity index (χ0n) is 14.9. The Kier molecular flexibility index (Phi) is 6.03. The minimum Gasteiger partial charge on any atom is -0.493 e. The lowest BCUT2D eigenvalue weighted by Crippen LogP contribution is -2.14. The Morgan fingerprint density at radius 1 is 1.12 bits per heavy atom. The quantitative estimate of drug-likeness (QED) is 0.685. The first-order valence-corrected chi connectivity index (χ1v) is 8.31. The molecule has 25 heavy (non-hydrogen) atoms. The third-order valence-electron chi connectivity index (χ3n) is 3.75. The highest BCUT2D eigenvalue weighted by atomic mass is 19.4. The molecule has 0 aliphatic heterocycles. The smallest absolute Gasteiger partial charge is 0.419 e. The van der Waals surface area contributed by atoms with E-state index in [1.165, 1.54) is 12.3 Å². The monoisotopic (exact) mass is 352 g/mol. The van der Waals surface area contributed by atoms with Gasteiger partial charge < -0.3 is 4.74 Å². The molecule has 6 heteroatoms. The Balaban J connectivity index is 2.29. The fourth-order valence-electron chi connectivity index (χ4n) is 2.76. The minimum atomic E-state index is -4.49. The summed E-state index contributed by atoms with van der Waals surface area (Å²) < 4.78 is 45.8. The Hall–Kier alpha value is -2.11. The van der Waals surface area contributed by atoms with Crippen molar-refractivity contribution in [1.29, 1.82) is 0 Å². The van der Waals surface area contributed by atoms with Crippen molar-refractivity contribution in [3.8, 4) is 17.0 Å². The molecule has 0 spiro atoms. The lowest BCUT2D eigenvalue weighted by atomic mass is 10.00. The van der Waals surface area contributed by atoms with Gasteiger partial charge >= 0.3 is 6.18 Å². The second-order valence-corrected chi connectivity index (χ2v) is 6.74. The van der Waals surface area contributed by atoms with Gasteiger partial charge in [0.25, 0.3) is 0 Å². The van der Waals surface area contributed by atoms with Crippen LogP contribution in [-0.2, 0) is 6.18 Å².